The summed E-state index contributed by atoms with van der Waals surface area (Å²) in [5.41, 5.74) is -0.181. The van der Waals surface area contributed by atoms with Crippen molar-refractivity contribution < 1.29 is 40.5 Å². The van der Waals surface area contributed by atoms with E-state index in [0.717, 1.165) is 24.3 Å². The predicted molar refractivity (Wildman–Crippen MR) is 76.8 cm³/mol. The summed E-state index contributed by atoms with van der Waals surface area (Å²) in [7, 11) is 0. The summed E-state index contributed by atoms with van der Waals surface area (Å²) in [6, 6.07) is 4.13. The van der Waals surface area contributed by atoms with E-state index in [9.17, 15) is 35.7 Å². The molecular formula is C15H12O8. The second-order valence-electron chi connectivity index (χ2n) is 4.98. The lowest BCUT2D eigenvalue weighted by atomic mass is 9.99. The van der Waals surface area contributed by atoms with Gasteiger partial charge >= 0.3 is 0 Å². The Bertz CT molecular complexity index is 817. The van der Waals surface area contributed by atoms with Crippen molar-refractivity contribution >= 4 is 5.76 Å². The molecule has 3 rings (SSSR count). The number of phenols is 5. The summed E-state index contributed by atoms with van der Waals surface area (Å²) in [5, 5.41) is 67.8. The van der Waals surface area contributed by atoms with Crippen molar-refractivity contribution in [2.75, 3.05) is 0 Å². The Balaban J connectivity index is 2.16. The first kappa shape index (κ1) is 14.5. The van der Waals surface area contributed by atoms with Gasteiger partial charge in [-0.1, -0.05) is 0 Å². The molecule has 0 aliphatic carbocycles. The lowest BCUT2D eigenvalue weighted by Gasteiger charge is -2.26. The molecule has 0 amide bonds. The standard InChI is InChI=1S/C15H12O8/c16-6-3-7(17)11-10(4-6)23-15(14(22)13(11)21)5-1-8(18)12(20)9(19)2-5/h1-4,15-22H/t15-/m1/s1. The SMILES string of the molecule is OC1=C(O)[C@@H](c2cc(O)c(O)c(O)c2)Oc2cc(O)cc(O)c21. The zero-order chi connectivity index (χ0) is 16.9. The molecule has 0 bridgehead atoms. The number of aliphatic hydroxyl groups excluding tert-OH is 2. The molecule has 8 nitrogen and oxygen atoms in total. The van der Waals surface area contributed by atoms with Crippen LogP contribution in [0.15, 0.2) is 30.0 Å². The average Bonchev–Trinajstić information content (AvgIpc) is 2.47. The molecule has 0 aromatic heterocycles. The molecule has 7 N–H and O–H groups in total. The van der Waals surface area contributed by atoms with Crippen molar-refractivity contribution in [3.63, 3.8) is 0 Å². The molecule has 2 aromatic carbocycles. The van der Waals surface area contributed by atoms with Crippen LogP contribution in [0.5, 0.6) is 34.5 Å². The number of ether oxygens (including phenoxy) is 1. The van der Waals surface area contributed by atoms with E-state index in [2.05, 4.69) is 0 Å². The minimum absolute atomic E-state index is 0.0235. The largest absolute Gasteiger partial charge is 0.508 e. The van der Waals surface area contributed by atoms with Gasteiger partial charge in [0.15, 0.2) is 34.9 Å². The highest BCUT2D eigenvalue weighted by Gasteiger charge is 2.33. The van der Waals surface area contributed by atoms with Crippen LogP contribution >= 0.6 is 0 Å². The Morgan fingerprint density at radius 2 is 1.35 bits per heavy atom. The van der Waals surface area contributed by atoms with Gasteiger partial charge in [-0.3, -0.25) is 0 Å². The smallest absolute Gasteiger partial charge is 0.200 e. The Hall–Kier alpha value is -3.42. The molecule has 1 aliphatic rings. The van der Waals surface area contributed by atoms with Crippen molar-refractivity contribution in [2.24, 2.45) is 0 Å². The fourth-order valence-corrected chi connectivity index (χ4v) is 2.36. The third-order valence-electron chi connectivity index (χ3n) is 3.43. The van der Waals surface area contributed by atoms with Gasteiger partial charge in [0.2, 0.25) is 0 Å². The van der Waals surface area contributed by atoms with E-state index in [1.54, 1.807) is 0 Å². The molecule has 8 heteroatoms. The number of aliphatic hydroxyl groups is 2. The highest BCUT2D eigenvalue weighted by molar-refractivity contribution is 5.75. The Morgan fingerprint density at radius 3 is 1.96 bits per heavy atom. The summed E-state index contributed by atoms with van der Waals surface area (Å²) in [6.45, 7) is 0. The molecule has 0 unspecified atom stereocenters. The van der Waals surface area contributed by atoms with E-state index < -0.39 is 40.6 Å². The van der Waals surface area contributed by atoms with Crippen molar-refractivity contribution in [3.8, 4) is 34.5 Å². The van der Waals surface area contributed by atoms with E-state index in [1.807, 2.05) is 0 Å². The van der Waals surface area contributed by atoms with E-state index in [-0.39, 0.29) is 22.6 Å². The van der Waals surface area contributed by atoms with Crippen LogP contribution in [-0.2, 0) is 0 Å². The van der Waals surface area contributed by atoms with Gasteiger partial charge in [0.05, 0.1) is 0 Å². The zero-order valence-electron chi connectivity index (χ0n) is 11.4. The second kappa shape index (κ2) is 4.80. The number of rotatable bonds is 1. The van der Waals surface area contributed by atoms with Crippen LogP contribution in [0.2, 0.25) is 0 Å². The minimum atomic E-state index is -1.33. The van der Waals surface area contributed by atoms with Crippen molar-refractivity contribution in [1.29, 1.82) is 0 Å². The van der Waals surface area contributed by atoms with Gasteiger partial charge in [-0.05, 0) is 12.1 Å². The maximum atomic E-state index is 10.1. The van der Waals surface area contributed by atoms with Crippen molar-refractivity contribution in [3.05, 3.63) is 41.2 Å². The number of hydrogen-bond acceptors (Lipinski definition) is 8. The van der Waals surface area contributed by atoms with E-state index in [0.29, 0.717) is 0 Å². The maximum Gasteiger partial charge on any atom is 0.200 e. The minimum Gasteiger partial charge on any atom is -0.508 e. The molecule has 2 aromatic rings. The van der Waals surface area contributed by atoms with Crippen LogP contribution in [0.1, 0.15) is 17.2 Å². The molecule has 0 spiro atoms. The normalized spacial score (nSPS) is 16.8. The van der Waals surface area contributed by atoms with Crippen LogP contribution in [0.25, 0.3) is 5.76 Å². The fraction of sp³-hybridized carbons (Fsp3) is 0.0667. The van der Waals surface area contributed by atoms with E-state index in [4.69, 9.17) is 4.74 Å². The lowest BCUT2D eigenvalue weighted by Crippen LogP contribution is -2.17. The van der Waals surface area contributed by atoms with E-state index in [1.165, 1.54) is 0 Å². The molecule has 120 valence electrons. The number of phenolic OH excluding ortho intramolecular Hbond substituents is 5. The third-order valence-corrected chi connectivity index (χ3v) is 3.43. The van der Waals surface area contributed by atoms with Crippen molar-refractivity contribution in [1.82, 2.24) is 0 Å². The van der Waals surface area contributed by atoms with Gasteiger partial charge in [-0.15, -0.1) is 0 Å². The zero-order valence-corrected chi connectivity index (χ0v) is 11.4. The van der Waals surface area contributed by atoms with Crippen LogP contribution in [0.4, 0.5) is 0 Å². The molecule has 1 aliphatic heterocycles. The summed E-state index contributed by atoms with van der Waals surface area (Å²) in [6.07, 6.45) is -1.33. The predicted octanol–water partition coefficient (Wildman–Crippen LogP) is 2.13. The lowest BCUT2D eigenvalue weighted by molar-refractivity contribution is 0.161. The highest BCUT2D eigenvalue weighted by atomic mass is 16.5. The van der Waals surface area contributed by atoms with Crippen LogP contribution in [0.3, 0.4) is 0 Å². The second-order valence-corrected chi connectivity index (χ2v) is 4.98. The van der Waals surface area contributed by atoms with E-state index >= 15 is 0 Å². The fourth-order valence-electron chi connectivity index (χ4n) is 2.36. The molecule has 23 heavy (non-hydrogen) atoms. The Morgan fingerprint density at radius 1 is 0.739 bits per heavy atom. The van der Waals surface area contributed by atoms with Gasteiger partial charge in [-0.2, -0.15) is 0 Å². The molecular weight excluding hydrogens is 308 g/mol. The first-order valence-electron chi connectivity index (χ1n) is 6.39. The monoisotopic (exact) mass is 320 g/mol. The summed E-state index contributed by atoms with van der Waals surface area (Å²) in [4.78, 5) is 0. The molecule has 0 saturated heterocycles. The van der Waals surface area contributed by atoms with Crippen molar-refractivity contribution in [2.45, 2.75) is 6.10 Å². The number of aromatic hydroxyl groups is 5. The quantitative estimate of drug-likeness (QED) is 0.395. The highest BCUT2D eigenvalue weighted by Crippen LogP contribution is 2.47. The van der Waals surface area contributed by atoms with Gasteiger partial charge in [0, 0.05) is 17.7 Å². The Labute approximate surface area is 129 Å². The van der Waals surface area contributed by atoms with Crippen LogP contribution < -0.4 is 4.74 Å². The topological polar surface area (TPSA) is 151 Å². The van der Waals surface area contributed by atoms with Gasteiger partial charge < -0.3 is 40.5 Å². The summed E-state index contributed by atoms with van der Waals surface area (Å²) < 4.78 is 5.42. The molecule has 0 radical (unpaired) electrons. The van der Waals surface area contributed by atoms with Gasteiger partial charge in [-0.25, -0.2) is 0 Å². The summed E-state index contributed by atoms with van der Waals surface area (Å²) >= 11 is 0. The first-order chi connectivity index (χ1) is 10.8. The molecule has 0 fully saturated rings. The number of benzene rings is 2. The van der Waals surface area contributed by atoms with Gasteiger partial charge in [0.25, 0.3) is 0 Å². The number of hydrogen-bond donors (Lipinski definition) is 7. The maximum absolute atomic E-state index is 10.1. The average molecular weight is 320 g/mol. The third kappa shape index (κ3) is 2.16. The Kier molecular flexibility index (Phi) is 3.03. The molecule has 1 atom stereocenters. The van der Waals surface area contributed by atoms with Crippen LogP contribution in [-0.4, -0.2) is 35.7 Å². The number of fused-ring (bicyclic) bond motifs is 1. The molecule has 1 heterocycles. The first-order valence-corrected chi connectivity index (χ1v) is 6.39. The van der Waals surface area contributed by atoms with Gasteiger partial charge in [0.1, 0.15) is 22.8 Å². The summed E-state index contributed by atoms with van der Waals surface area (Å²) in [5.74, 6) is -4.35. The van der Waals surface area contributed by atoms with Crippen LogP contribution in [0, 0.1) is 0 Å². The molecule has 0 saturated carbocycles.